The van der Waals surface area contributed by atoms with Crippen molar-refractivity contribution in [1.82, 2.24) is 77.7 Å². The third kappa shape index (κ3) is 24.1. The molecule has 19 N–H and O–H groups in total. The summed E-state index contributed by atoms with van der Waals surface area (Å²) in [6, 6.07) is 14.8. The molecule has 4 aromatic carbocycles. The molecule has 36 heteroatoms. The number of hydrogen-bond donors (Lipinski definition) is 17. The number of amides is 11. The number of aryl methyl sites for hydroxylation is 2. The van der Waals surface area contributed by atoms with E-state index in [0.29, 0.717) is 41.1 Å². The van der Waals surface area contributed by atoms with Gasteiger partial charge >= 0.3 is 11.9 Å². The average Bonchev–Trinajstić information content (AvgIpc) is 1.61. The largest absolute Gasteiger partial charge is 0.497 e. The van der Waals surface area contributed by atoms with Crippen molar-refractivity contribution in [2.75, 3.05) is 20.2 Å². The number of aliphatic hydroxyl groups excluding tert-OH is 2. The van der Waals surface area contributed by atoms with Crippen LogP contribution in [0, 0.1) is 12.7 Å². The summed E-state index contributed by atoms with van der Waals surface area (Å²) in [6.07, 6.45) is 0.496. The monoisotopic (exact) mass is 1600 g/mol. The second-order valence-corrected chi connectivity index (χ2v) is 28.8. The normalized spacial score (nSPS) is 16.2. The number of nitrogens with two attached hydrogens (primary N) is 2. The van der Waals surface area contributed by atoms with Crippen LogP contribution in [0.2, 0.25) is 0 Å². The first-order valence-corrected chi connectivity index (χ1v) is 37.4. The summed E-state index contributed by atoms with van der Waals surface area (Å²) < 4.78 is 21.1. The van der Waals surface area contributed by atoms with E-state index in [1.807, 2.05) is 50.2 Å². The SMILES string of the molecule is CCc1cc(OC)ccc1-c1ccc(C[C@H](NC(=O)[C@H](CC(=O)O)NC(=O)[C@H](Cc2c[nH]cn2)NC(=O)[C@@H](NC(=O)[C@@](C)(Cc2ccccc2F)NC(=O)[C@@H](NC(=O)CNC(=O)[C@H](CCC(=O)O)NC(=O)[C@@]2(C)CCCN2C(=O)[C@@H](N)Cc2c[nH]cn2)[C@@H](C)O)[C@@H](C)O)C(=O)N[C@@H](Cc2ccc(-c3ccccc3C)nc2)C(N)=O)cc1. The van der Waals surface area contributed by atoms with Gasteiger partial charge in [0.05, 0.1) is 68.1 Å². The Morgan fingerprint density at radius 2 is 1.24 bits per heavy atom. The lowest BCUT2D eigenvalue weighted by atomic mass is 9.90. The zero-order valence-corrected chi connectivity index (χ0v) is 65.0. The zero-order chi connectivity index (χ0) is 84.7. The van der Waals surface area contributed by atoms with Gasteiger partial charge in [0.2, 0.25) is 65.0 Å². The molecule has 0 aliphatic carbocycles. The van der Waals surface area contributed by atoms with Crippen LogP contribution in [-0.4, -0.2) is 219 Å². The molecule has 11 amide bonds. The molecule has 0 saturated carbocycles. The maximum Gasteiger partial charge on any atom is 0.305 e. The Labute approximate surface area is 666 Å². The van der Waals surface area contributed by atoms with Crippen LogP contribution in [-0.2, 0) is 101 Å². The number of ether oxygens (including phenoxy) is 1. The number of imidazole rings is 2. The first kappa shape index (κ1) is 88.7. The van der Waals surface area contributed by atoms with Crippen molar-refractivity contribution in [3.05, 3.63) is 179 Å². The van der Waals surface area contributed by atoms with E-state index in [9.17, 15) is 82.8 Å². The van der Waals surface area contributed by atoms with Crippen molar-refractivity contribution < 1.29 is 91.9 Å². The van der Waals surface area contributed by atoms with Crippen molar-refractivity contribution >= 4 is 76.9 Å². The van der Waals surface area contributed by atoms with E-state index >= 15 is 4.39 Å². The Hall–Kier alpha value is -12.8. The summed E-state index contributed by atoms with van der Waals surface area (Å²) >= 11 is 0. The standard InChI is InChI=1S/C80H98FN17O18/c1-8-48-32-53(116-7)23-24-55(48)49-21-18-46(19-22-49)30-61(71(108)90-60(69(83)106)31-47-20-25-58(86-37-47)54-16-11-9-14-43(54)2)91-73(110)63(35-66(104)105)92-72(109)62(34-52-39-85-42-89-52)93-74(111)67(44(3)99)96-77(114)79(5,36-50-15-10-12-17-56(50)81)97-75(112)68(45(4)100)95-64(101)40-87-70(107)59(26-27-65(102)103)94-78(115)80(6)28-13-29-98(80)76(113)57(82)33-51-38-84-41-88-51/h9-12,14-25,32,37-39,41-42,44-45,57,59-63,67-68,99-100H,8,13,26-31,33-36,40,82H2,1-7H3,(H2,83,106)(H,84,88)(H,85,89)(H,87,107)(H,90,108)(H,91,110)(H,92,109)(H,93,111)(H,94,115)(H,95,101)(H,96,114)(H,97,112)(H,102,103)(H,104,105)/t44-,45-,57+,59+,60+,61+,62+,63+,67+,68+,79-,80-/m1/s1. The van der Waals surface area contributed by atoms with Crippen LogP contribution in [0.3, 0.4) is 0 Å². The number of carbonyl (C=O) groups excluding carboxylic acids is 11. The van der Waals surface area contributed by atoms with E-state index in [2.05, 4.69) is 72.8 Å². The van der Waals surface area contributed by atoms with Crippen molar-refractivity contribution in [3.8, 4) is 28.1 Å². The fraction of sp³-hybridized carbons (Fsp3) is 0.400. The Balaban J connectivity index is 0.988. The molecule has 35 nitrogen and oxygen atoms in total. The number of hydrogen-bond acceptors (Lipinski definition) is 20. The van der Waals surface area contributed by atoms with Gasteiger partial charge < -0.3 is 99.3 Å². The molecular weight excluding hydrogens is 1510 g/mol. The van der Waals surface area contributed by atoms with E-state index < -0.39 is 193 Å². The van der Waals surface area contributed by atoms with Crippen LogP contribution in [0.25, 0.3) is 22.4 Å². The number of aliphatic carboxylic acids is 2. The van der Waals surface area contributed by atoms with Crippen molar-refractivity contribution in [2.24, 2.45) is 11.5 Å². The molecule has 1 saturated heterocycles. The van der Waals surface area contributed by atoms with Crippen LogP contribution in [0.4, 0.5) is 4.39 Å². The third-order valence-electron chi connectivity index (χ3n) is 19.9. The molecule has 0 unspecified atom stereocenters. The summed E-state index contributed by atoms with van der Waals surface area (Å²) in [5, 5.41) is 63.9. The summed E-state index contributed by atoms with van der Waals surface area (Å²) in [5.41, 5.74) is 14.6. The molecule has 0 bridgehead atoms. The molecule has 1 aliphatic heterocycles. The molecule has 4 heterocycles. The number of benzene rings is 4. The number of nitrogens with zero attached hydrogens (tertiary/aromatic N) is 4. The first-order valence-electron chi connectivity index (χ1n) is 37.4. The van der Waals surface area contributed by atoms with Gasteiger partial charge in [-0.1, -0.05) is 85.8 Å². The number of H-pyrrole nitrogens is 2. The lowest BCUT2D eigenvalue weighted by Crippen LogP contribution is -2.67. The number of aromatic nitrogens is 5. The number of carbonyl (C=O) groups is 13. The van der Waals surface area contributed by atoms with E-state index in [-0.39, 0.29) is 43.5 Å². The lowest BCUT2D eigenvalue weighted by molar-refractivity contribution is -0.146. The molecule has 618 valence electrons. The number of likely N-dealkylation sites (tertiary alicyclic amines) is 1. The molecule has 0 radical (unpaired) electrons. The molecule has 1 aliphatic rings. The number of rotatable bonds is 41. The highest BCUT2D eigenvalue weighted by molar-refractivity contribution is 6.01. The van der Waals surface area contributed by atoms with Gasteiger partial charge in [-0.05, 0) is 124 Å². The van der Waals surface area contributed by atoms with Crippen molar-refractivity contribution in [1.29, 1.82) is 0 Å². The number of nitrogens with one attached hydrogen (secondary N) is 11. The number of halogens is 1. The fourth-order valence-corrected chi connectivity index (χ4v) is 13.3. The first-order chi connectivity index (χ1) is 55.1. The molecule has 116 heavy (non-hydrogen) atoms. The van der Waals surface area contributed by atoms with Gasteiger partial charge in [0, 0.05) is 69.2 Å². The lowest BCUT2D eigenvalue weighted by Gasteiger charge is -2.36. The van der Waals surface area contributed by atoms with Gasteiger partial charge in [-0.2, -0.15) is 0 Å². The highest BCUT2D eigenvalue weighted by atomic mass is 19.1. The molecular formula is C80H98FN17O18. The van der Waals surface area contributed by atoms with Gasteiger partial charge in [0.15, 0.2) is 0 Å². The molecule has 1 fully saturated rings. The second kappa shape index (κ2) is 40.8. The number of carboxylic acid groups (broad SMARTS) is 2. The number of aliphatic hydroxyl groups is 2. The summed E-state index contributed by atoms with van der Waals surface area (Å²) in [7, 11) is 1.55. The smallest absolute Gasteiger partial charge is 0.305 e. The summed E-state index contributed by atoms with van der Waals surface area (Å²) in [5.74, 6) is -15.3. The van der Waals surface area contributed by atoms with Crippen LogP contribution in [0.5, 0.6) is 5.75 Å². The van der Waals surface area contributed by atoms with Gasteiger partial charge in [0.1, 0.15) is 64.9 Å². The predicted molar refractivity (Wildman–Crippen MR) is 416 cm³/mol. The molecule has 7 aromatic rings. The minimum atomic E-state index is -2.42. The van der Waals surface area contributed by atoms with E-state index in [4.69, 9.17) is 16.2 Å². The number of pyridine rings is 1. The molecule has 8 rings (SSSR count). The zero-order valence-electron chi connectivity index (χ0n) is 65.0. The number of carboxylic acids is 2. The molecule has 3 aromatic heterocycles. The maximum absolute atomic E-state index is 15.7. The Morgan fingerprint density at radius 3 is 1.84 bits per heavy atom. The minimum Gasteiger partial charge on any atom is -0.497 e. The fourth-order valence-electron chi connectivity index (χ4n) is 13.3. The highest BCUT2D eigenvalue weighted by Gasteiger charge is 2.48. The Kier molecular flexibility index (Phi) is 31.2. The van der Waals surface area contributed by atoms with Crippen LogP contribution in [0.15, 0.2) is 134 Å². The number of aromatic amines is 2. The molecule has 0 spiro atoms. The van der Waals surface area contributed by atoms with Crippen LogP contribution >= 0.6 is 0 Å². The van der Waals surface area contributed by atoms with Crippen molar-refractivity contribution in [2.45, 2.75) is 184 Å². The second-order valence-electron chi connectivity index (χ2n) is 28.8. The highest BCUT2D eigenvalue weighted by Crippen LogP contribution is 2.32. The van der Waals surface area contributed by atoms with E-state index in [0.717, 1.165) is 54.7 Å². The van der Waals surface area contributed by atoms with E-state index in [1.165, 1.54) is 55.1 Å². The van der Waals surface area contributed by atoms with Gasteiger partial charge in [-0.15, -0.1) is 0 Å². The third-order valence-corrected chi connectivity index (χ3v) is 19.9. The predicted octanol–water partition coefficient (Wildman–Crippen LogP) is 0.0731. The molecule has 12 atom stereocenters. The number of primary amides is 1. The van der Waals surface area contributed by atoms with Gasteiger partial charge in [0.25, 0.3) is 0 Å². The summed E-state index contributed by atoms with van der Waals surface area (Å²) in [4.78, 5) is 201. The average molecular weight is 1600 g/mol. The number of methoxy groups -OCH3 is 1. The van der Waals surface area contributed by atoms with Crippen LogP contribution < -0.4 is 64.1 Å². The maximum atomic E-state index is 15.7. The topological polar surface area (TPSA) is 546 Å². The van der Waals surface area contributed by atoms with E-state index in [1.54, 1.807) is 55.8 Å². The Bertz CT molecular complexity index is 4670. The summed E-state index contributed by atoms with van der Waals surface area (Å²) in [6.45, 7) is 7.69. The van der Waals surface area contributed by atoms with Gasteiger partial charge in [-0.3, -0.25) is 67.3 Å². The quantitative estimate of drug-likeness (QED) is 0.0241. The van der Waals surface area contributed by atoms with Crippen LogP contribution in [0.1, 0.15) is 106 Å². The Morgan fingerprint density at radius 1 is 0.647 bits per heavy atom. The minimum absolute atomic E-state index is 0.0301. The van der Waals surface area contributed by atoms with Crippen molar-refractivity contribution in [3.63, 3.8) is 0 Å². The van der Waals surface area contributed by atoms with Gasteiger partial charge in [-0.25, -0.2) is 14.4 Å².